The SMILES string of the molecule is O=C1NC(=O)[C@]2(Cc3ccccc3N3CCSC[C@@H]32)C(=O)N1c1ccc2c(c1)OCO2. The molecule has 9 heteroatoms. The van der Waals surface area contributed by atoms with Crippen LogP contribution in [0.2, 0.25) is 0 Å². The van der Waals surface area contributed by atoms with E-state index in [9.17, 15) is 14.4 Å². The van der Waals surface area contributed by atoms with E-state index in [4.69, 9.17) is 9.47 Å². The minimum absolute atomic E-state index is 0.0897. The predicted molar refractivity (Wildman–Crippen MR) is 115 cm³/mol. The third-order valence-corrected chi connectivity index (χ3v) is 7.52. The van der Waals surface area contributed by atoms with Crippen LogP contribution in [0.3, 0.4) is 0 Å². The number of barbiturate groups is 1. The Kier molecular flexibility index (Phi) is 3.98. The molecule has 0 aromatic heterocycles. The summed E-state index contributed by atoms with van der Waals surface area (Å²) in [5.74, 6) is 1.56. The molecule has 4 aliphatic heterocycles. The molecule has 2 atom stereocenters. The van der Waals surface area contributed by atoms with Gasteiger partial charge in [0.15, 0.2) is 16.9 Å². The lowest BCUT2D eigenvalue weighted by Gasteiger charge is -2.53. The number of thioether (sulfide) groups is 1. The zero-order chi connectivity index (χ0) is 21.2. The second-order valence-corrected chi connectivity index (χ2v) is 9.15. The molecule has 0 unspecified atom stereocenters. The van der Waals surface area contributed by atoms with E-state index < -0.39 is 23.3 Å². The van der Waals surface area contributed by atoms with Gasteiger partial charge >= 0.3 is 6.03 Å². The molecule has 0 saturated carbocycles. The van der Waals surface area contributed by atoms with Crippen LogP contribution in [0.4, 0.5) is 16.2 Å². The number of urea groups is 1. The zero-order valence-corrected chi connectivity index (χ0v) is 17.3. The van der Waals surface area contributed by atoms with Crippen LogP contribution in [-0.2, 0) is 16.0 Å². The van der Waals surface area contributed by atoms with E-state index >= 15 is 0 Å². The fourth-order valence-electron chi connectivity index (χ4n) is 5.02. The van der Waals surface area contributed by atoms with Gasteiger partial charge in [-0.05, 0) is 30.2 Å². The molecule has 0 radical (unpaired) electrons. The lowest BCUT2D eigenvalue weighted by molar-refractivity contribution is -0.144. The molecule has 4 heterocycles. The van der Waals surface area contributed by atoms with Crippen molar-refractivity contribution in [3.8, 4) is 11.5 Å². The number of carbonyl (C=O) groups is 3. The molecule has 2 aromatic carbocycles. The number of hydrogen-bond donors (Lipinski definition) is 1. The van der Waals surface area contributed by atoms with Crippen molar-refractivity contribution >= 4 is 41.0 Å². The number of anilines is 2. The molecule has 2 fully saturated rings. The van der Waals surface area contributed by atoms with Gasteiger partial charge in [-0.2, -0.15) is 11.8 Å². The molecule has 8 nitrogen and oxygen atoms in total. The van der Waals surface area contributed by atoms with Gasteiger partial charge in [-0.25, -0.2) is 9.69 Å². The van der Waals surface area contributed by atoms with Crippen molar-refractivity contribution < 1.29 is 23.9 Å². The van der Waals surface area contributed by atoms with Crippen LogP contribution in [0.1, 0.15) is 5.56 Å². The molecule has 31 heavy (non-hydrogen) atoms. The minimum atomic E-state index is -1.38. The third-order valence-electron chi connectivity index (χ3n) is 6.50. The van der Waals surface area contributed by atoms with Gasteiger partial charge in [-0.3, -0.25) is 14.9 Å². The number of amides is 4. The maximum absolute atomic E-state index is 14.0. The Bertz CT molecular complexity index is 1140. The van der Waals surface area contributed by atoms with Crippen LogP contribution in [0.25, 0.3) is 0 Å². The lowest BCUT2D eigenvalue weighted by atomic mass is 9.69. The van der Waals surface area contributed by atoms with Crippen LogP contribution in [0.5, 0.6) is 11.5 Å². The first-order valence-corrected chi connectivity index (χ1v) is 11.3. The van der Waals surface area contributed by atoms with E-state index in [0.29, 0.717) is 22.9 Å². The number of rotatable bonds is 1. The first-order chi connectivity index (χ1) is 15.1. The number of carbonyl (C=O) groups excluding carboxylic acids is 3. The van der Waals surface area contributed by atoms with Crippen LogP contribution in [0, 0.1) is 5.41 Å². The first-order valence-electron chi connectivity index (χ1n) is 10.1. The van der Waals surface area contributed by atoms with Crippen molar-refractivity contribution in [3.63, 3.8) is 0 Å². The number of nitrogens with one attached hydrogen (secondary N) is 1. The topological polar surface area (TPSA) is 88.2 Å². The number of nitrogens with zero attached hydrogens (tertiary/aromatic N) is 2. The molecule has 2 saturated heterocycles. The van der Waals surface area contributed by atoms with E-state index in [1.165, 1.54) is 0 Å². The van der Waals surface area contributed by atoms with Crippen molar-refractivity contribution in [2.45, 2.75) is 12.5 Å². The predicted octanol–water partition coefficient (Wildman–Crippen LogP) is 2.16. The van der Waals surface area contributed by atoms with E-state index in [0.717, 1.165) is 28.4 Å². The summed E-state index contributed by atoms with van der Waals surface area (Å²) < 4.78 is 10.8. The molecule has 158 valence electrons. The standard InChI is InChI=1S/C22H19N3O5S/c26-19-22(10-13-3-1-2-4-15(13)24-7-8-31-11-18(22)24)20(27)25(21(28)23-19)14-5-6-16-17(9-14)30-12-29-16/h1-6,9,18H,7-8,10-12H2,(H,23,26,28)/t18-,22-/m1/s1. The molecule has 1 N–H and O–H groups in total. The van der Waals surface area contributed by atoms with Gasteiger partial charge in [0, 0.05) is 29.8 Å². The maximum atomic E-state index is 14.0. The summed E-state index contributed by atoms with van der Waals surface area (Å²) in [6.45, 7) is 0.832. The van der Waals surface area contributed by atoms with Crippen LogP contribution < -0.4 is 24.6 Å². The molecule has 0 bridgehead atoms. The zero-order valence-electron chi connectivity index (χ0n) is 16.5. The highest BCUT2D eigenvalue weighted by molar-refractivity contribution is 7.99. The summed E-state index contributed by atoms with van der Waals surface area (Å²) in [5.41, 5.74) is 0.971. The van der Waals surface area contributed by atoms with Gasteiger partial charge in [0.2, 0.25) is 12.7 Å². The van der Waals surface area contributed by atoms with E-state index in [1.807, 2.05) is 24.3 Å². The van der Waals surface area contributed by atoms with Crippen molar-refractivity contribution in [1.29, 1.82) is 0 Å². The van der Waals surface area contributed by atoms with E-state index in [2.05, 4.69) is 10.2 Å². The summed E-state index contributed by atoms with van der Waals surface area (Å²) in [6, 6.07) is 11.7. The summed E-state index contributed by atoms with van der Waals surface area (Å²) in [4.78, 5) is 43.5. The second kappa shape index (κ2) is 6.65. The van der Waals surface area contributed by atoms with E-state index in [1.54, 1.807) is 30.0 Å². The summed E-state index contributed by atoms with van der Waals surface area (Å²) in [7, 11) is 0. The monoisotopic (exact) mass is 437 g/mol. The normalized spacial score (nSPS) is 26.6. The van der Waals surface area contributed by atoms with Crippen LogP contribution >= 0.6 is 11.8 Å². The van der Waals surface area contributed by atoms with Gasteiger partial charge in [0.05, 0.1) is 11.7 Å². The lowest BCUT2D eigenvalue weighted by Crippen LogP contribution is -2.73. The molecule has 6 rings (SSSR count). The van der Waals surface area contributed by atoms with Crippen LogP contribution in [-0.4, -0.2) is 48.7 Å². The van der Waals surface area contributed by atoms with Gasteiger partial charge < -0.3 is 14.4 Å². The number of para-hydroxylation sites is 1. The fraction of sp³-hybridized carbons (Fsp3) is 0.318. The minimum Gasteiger partial charge on any atom is -0.454 e. The molecular formula is C22H19N3O5S. The second-order valence-electron chi connectivity index (χ2n) is 8.00. The van der Waals surface area contributed by atoms with Gasteiger partial charge in [0.25, 0.3) is 5.91 Å². The number of ether oxygens (including phenoxy) is 2. The highest BCUT2D eigenvalue weighted by atomic mass is 32.2. The van der Waals surface area contributed by atoms with Crippen LogP contribution in [0.15, 0.2) is 42.5 Å². The average molecular weight is 437 g/mol. The largest absolute Gasteiger partial charge is 0.454 e. The quantitative estimate of drug-likeness (QED) is 0.684. The van der Waals surface area contributed by atoms with Crippen molar-refractivity contribution in [3.05, 3.63) is 48.0 Å². The Morgan fingerprint density at radius 3 is 2.81 bits per heavy atom. The molecule has 4 aliphatic rings. The van der Waals surface area contributed by atoms with Crippen molar-refractivity contribution in [2.24, 2.45) is 5.41 Å². The number of imide groups is 2. The molecular weight excluding hydrogens is 418 g/mol. The summed E-state index contributed by atoms with van der Waals surface area (Å²) in [6.07, 6.45) is 0.254. The molecule has 4 amide bonds. The summed E-state index contributed by atoms with van der Waals surface area (Å²) >= 11 is 1.73. The van der Waals surface area contributed by atoms with Gasteiger partial charge in [-0.1, -0.05) is 18.2 Å². The number of fused-ring (bicyclic) bond motifs is 5. The van der Waals surface area contributed by atoms with E-state index in [-0.39, 0.29) is 19.3 Å². The highest BCUT2D eigenvalue weighted by Gasteiger charge is 2.62. The molecule has 1 spiro atoms. The molecule has 0 aliphatic carbocycles. The Hall–Kier alpha value is -3.20. The maximum Gasteiger partial charge on any atom is 0.335 e. The Morgan fingerprint density at radius 2 is 1.90 bits per heavy atom. The number of hydrogen-bond acceptors (Lipinski definition) is 7. The van der Waals surface area contributed by atoms with Gasteiger partial charge in [-0.15, -0.1) is 0 Å². The van der Waals surface area contributed by atoms with Crippen molar-refractivity contribution in [2.75, 3.05) is 34.6 Å². The highest BCUT2D eigenvalue weighted by Crippen LogP contribution is 2.47. The fourth-order valence-corrected chi connectivity index (χ4v) is 6.20. The Balaban J connectivity index is 1.48. The first kappa shape index (κ1) is 18.6. The third kappa shape index (κ3) is 2.52. The molecule has 2 aromatic rings. The smallest absolute Gasteiger partial charge is 0.335 e. The van der Waals surface area contributed by atoms with Gasteiger partial charge in [0.1, 0.15) is 0 Å². The average Bonchev–Trinajstić information content (AvgIpc) is 3.26. The number of benzene rings is 2. The van der Waals surface area contributed by atoms with Crippen molar-refractivity contribution in [1.82, 2.24) is 5.32 Å². The Morgan fingerprint density at radius 1 is 1.06 bits per heavy atom. The summed E-state index contributed by atoms with van der Waals surface area (Å²) in [5, 5.41) is 2.47. The Labute approximate surface area is 182 Å².